The van der Waals surface area contributed by atoms with Gasteiger partial charge in [-0.05, 0) is 54.8 Å². The van der Waals surface area contributed by atoms with Crippen LogP contribution in [0.25, 0.3) is 10.8 Å². The number of fused-ring (bicyclic) bond motifs is 1. The summed E-state index contributed by atoms with van der Waals surface area (Å²) in [6.45, 7) is 0.313. The summed E-state index contributed by atoms with van der Waals surface area (Å²) in [5.74, 6) is -1.95. The van der Waals surface area contributed by atoms with Crippen LogP contribution in [-0.4, -0.2) is 28.6 Å². The van der Waals surface area contributed by atoms with Crippen molar-refractivity contribution in [3.63, 3.8) is 0 Å². The molecule has 0 spiro atoms. The Morgan fingerprint density at radius 1 is 0.947 bits per heavy atom. The summed E-state index contributed by atoms with van der Waals surface area (Å²) < 4.78 is 27.7. The maximum atomic E-state index is 14.4. The first kappa shape index (κ1) is 26.5. The smallest absolute Gasteiger partial charge is 0.272 e. The number of rotatable bonds is 10. The van der Waals surface area contributed by atoms with Gasteiger partial charge in [-0.2, -0.15) is 5.10 Å². The molecule has 0 bridgehead atoms. The molecule has 1 heterocycles. The largest absolute Gasteiger partial charge is 0.397 e. The summed E-state index contributed by atoms with van der Waals surface area (Å²) in [5, 5.41) is 13.1. The Hall–Kier alpha value is -4.60. The Kier molecular flexibility index (Phi) is 8.42. The van der Waals surface area contributed by atoms with Gasteiger partial charge in [-0.25, -0.2) is 13.9 Å². The maximum Gasteiger partial charge on any atom is 0.272 e. The number of halogens is 2. The van der Waals surface area contributed by atoms with Crippen LogP contribution in [0.4, 0.5) is 20.2 Å². The molecule has 4 aromatic rings. The van der Waals surface area contributed by atoms with E-state index in [4.69, 9.17) is 5.73 Å². The molecule has 0 aliphatic heterocycles. The molecule has 0 saturated heterocycles. The molecule has 38 heavy (non-hydrogen) atoms. The van der Waals surface area contributed by atoms with Crippen molar-refractivity contribution in [3.05, 3.63) is 99.5 Å². The first-order valence-corrected chi connectivity index (χ1v) is 12.2. The Morgan fingerprint density at radius 3 is 2.55 bits per heavy atom. The fourth-order valence-electron chi connectivity index (χ4n) is 4.09. The number of amides is 2. The molecule has 0 atom stereocenters. The third kappa shape index (κ3) is 6.58. The van der Waals surface area contributed by atoms with Gasteiger partial charge in [0.05, 0.1) is 28.0 Å². The number of nitrogens with two attached hydrogens (primary N) is 1. The number of unbranched alkanes of at least 4 members (excludes halogenated alkanes) is 2. The molecule has 2 amide bonds. The summed E-state index contributed by atoms with van der Waals surface area (Å²) in [7, 11) is 0. The SMILES string of the molecule is Nc1ccc(F)cc1NC(=O)CCCCCNC(=O)c1cc(Cc2n[nH]c(=O)c3ccccc23)ccc1F. The van der Waals surface area contributed by atoms with Gasteiger partial charge in [0.25, 0.3) is 11.5 Å². The normalized spacial score (nSPS) is 10.9. The van der Waals surface area contributed by atoms with Gasteiger partial charge < -0.3 is 16.4 Å². The van der Waals surface area contributed by atoms with Crippen molar-refractivity contribution in [2.24, 2.45) is 0 Å². The van der Waals surface area contributed by atoms with Crippen LogP contribution in [0, 0.1) is 11.6 Å². The number of nitrogens with one attached hydrogen (secondary N) is 3. The number of hydrogen-bond donors (Lipinski definition) is 4. The van der Waals surface area contributed by atoms with Gasteiger partial charge in [-0.15, -0.1) is 0 Å². The quantitative estimate of drug-likeness (QED) is 0.183. The van der Waals surface area contributed by atoms with E-state index >= 15 is 0 Å². The molecule has 0 fully saturated rings. The standard InChI is InChI=1S/C28H27F2N5O3/c29-18-10-12-23(31)25(16-18)33-26(36)8-2-1-5-13-32-27(37)21-14-17(9-11-22(21)30)15-24-19-6-3-4-7-20(19)28(38)35-34-24/h3-4,6-7,9-12,14,16H,1-2,5,8,13,15,31H2,(H,32,37)(H,33,36)(H,35,38). The summed E-state index contributed by atoms with van der Waals surface area (Å²) >= 11 is 0. The number of carbonyl (C=O) groups is 2. The molecule has 0 radical (unpaired) electrons. The van der Waals surface area contributed by atoms with Gasteiger partial charge in [0, 0.05) is 24.8 Å². The van der Waals surface area contributed by atoms with Crippen molar-refractivity contribution >= 4 is 34.0 Å². The number of benzene rings is 3. The van der Waals surface area contributed by atoms with Crippen LogP contribution in [-0.2, 0) is 11.2 Å². The number of aromatic nitrogens is 2. The highest BCUT2D eigenvalue weighted by Crippen LogP contribution is 2.20. The molecule has 0 saturated carbocycles. The predicted molar refractivity (Wildman–Crippen MR) is 142 cm³/mol. The van der Waals surface area contributed by atoms with Crippen LogP contribution in [0.1, 0.15) is 47.3 Å². The second-order valence-corrected chi connectivity index (χ2v) is 8.88. The third-order valence-electron chi connectivity index (χ3n) is 6.08. The summed E-state index contributed by atoms with van der Waals surface area (Å²) in [4.78, 5) is 36.7. The number of nitrogen functional groups attached to an aromatic ring is 1. The van der Waals surface area contributed by atoms with E-state index in [1.165, 1.54) is 24.3 Å². The van der Waals surface area contributed by atoms with E-state index < -0.39 is 17.5 Å². The molecule has 0 unspecified atom stereocenters. The summed E-state index contributed by atoms with van der Waals surface area (Å²) in [5.41, 5.74) is 7.16. The highest BCUT2D eigenvalue weighted by atomic mass is 19.1. The first-order valence-electron chi connectivity index (χ1n) is 12.2. The Bertz CT molecular complexity index is 1540. The Labute approximate surface area is 217 Å². The zero-order valence-electron chi connectivity index (χ0n) is 20.5. The number of aromatic amines is 1. The fourth-order valence-corrected chi connectivity index (χ4v) is 4.09. The Morgan fingerprint density at radius 2 is 1.74 bits per heavy atom. The highest BCUT2D eigenvalue weighted by Gasteiger charge is 2.14. The number of anilines is 2. The van der Waals surface area contributed by atoms with Crippen molar-refractivity contribution in [2.75, 3.05) is 17.6 Å². The fraction of sp³-hybridized carbons (Fsp3) is 0.214. The van der Waals surface area contributed by atoms with E-state index in [0.29, 0.717) is 54.3 Å². The second-order valence-electron chi connectivity index (χ2n) is 8.88. The van der Waals surface area contributed by atoms with E-state index in [2.05, 4.69) is 20.8 Å². The van der Waals surface area contributed by atoms with Crippen molar-refractivity contribution in [3.8, 4) is 0 Å². The third-order valence-corrected chi connectivity index (χ3v) is 6.08. The van der Waals surface area contributed by atoms with Crippen LogP contribution in [0.15, 0.2) is 65.5 Å². The zero-order chi connectivity index (χ0) is 27.1. The minimum Gasteiger partial charge on any atom is -0.397 e. The lowest BCUT2D eigenvalue weighted by atomic mass is 10.0. The molecule has 10 heteroatoms. The average Bonchev–Trinajstić information content (AvgIpc) is 2.91. The molecule has 196 valence electrons. The second kappa shape index (κ2) is 12.1. The van der Waals surface area contributed by atoms with Crippen molar-refractivity contribution in [2.45, 2.75) is 32.1 Å². The minimum absolute atomic E-state index is 0.0803. The van der Waals surface area contributed by atoms with Gasteiger partial charge >= 0.3 is 0 Å². The van der Waals surface area contributed by atoms with E-state index in [0.717, 1.165) is 6.07 Å². The van der Waals surface area contributed by atoms with Crippen molar-refractivity contribution in [1.29, 1.82) is 0 Å². The first-order chi connectivity index (χ1) is 18.3. The van der Waals surface area contributed by atoms with E-state index in [9.17, 15) is 23.2 Å². The average molecular weight is 520 g/mol. The monoisotopic (exact) mass is 519 g/mol. The molecule has 0 aliphatic rings. The number of hydrogen-bond acceptors (Lipinski definition) is 5. The van der Waals surface area contributed by atoms with Crippen LogP contribution in [0.2, 0.25) is 0 Å². The Balaban J connectivity index is 1.26. The van der Waals surface area contributed by atoms with E-state index in [-0.39, 0.29) is 34.8 Å². The predicted octanol–water partition coefficient (Wildman–Crippen LogP) is 4.30. The van der Waals surface area contributed by atoms with E-state index in [1.807, 2.05) is 6.07 Å². The maximum absolute atomic E-state index is 14.4. The molecular formula is C28H27F2N5O3. The lowest BCUT2D eigenvalue weighted by Gasteiger charge is -2.10. The van der Waals surface area contributed by atoms with Gasteiger partial charge in [-0.3, -0.25) is 14.4 Å². The molecule has 4 rings (SSSR count). The molecule has 8 nitrogen and oxygen atoms in total. The van der Waals surface area contributed by atoms with Crippen molar-refractivity contribution < 1.29 is 18.4 Å². The molecule has 5 N–H and O–H groups in total. The topological polar surface area (TPSA) is 130 Å². The lowest BCUT2D eigenvalue weighted by molar-refractivity contribution is -0.116. The molecule has 0 aliphatic carbocycles. The zero-order valence-corrected chi connectivity index (χ0v) is 20.5. The molecule has 3 aromatic carbocycles. The molecule has 1 aromatic heterocycles. The van der Waals surface area contributed by atoms with Gasteiger partial charge in [0.2, 0.25) is 5.91 Å². The van der Waals surface area contributed by atoms with Crippen LogP contribution in [0.3, 0.4) is 0 Å². The number of nitrogens with zero attached hydrogens (tertiary/aromatic N) is 1. The van der Waals surface area contributed by atoms with Gasteiger partial charge in [0.1, 0.15) is 11.6 Å². The highest BCUT2D eigenvalue weighted by molar-refractivity contribution is 5.95. The lowest BCUT2D eigenvalue weighted by Crippen LogP contribution is -2.25. The van der Waals surface area contributed by atoms with E-state index in [1.54, 1.807) is 24.3 Å². The number of H-pyrrole nitrogens is 1. The minimum atomic E-state index is -0.640. The van der Waals surface area contributed by atoms with Crippen LogP contribution in [0.5, 0.6) is 0 Å². The van der Waals surface area contributed by atoms with Crippen LogP contribution >= 0.6 is 0 Å². The summed E-state index contributed by atoms with van der Waals surface area (Å²) in [6, 6.07) is 15.1. The summed E-state index contributed by atoms with van der Waals surface area (Å²) in [6.07, 6.45) is 2.33. The molecular weight excluding hydrogens is 492 g/mol. The van der Waals surface area contributed by atoms with Gasteiger partial charge in [0.15, 0.2) is 0 Å². The van der Waals surface area contributed by atoms with Crippen molar-refractivity contribution in [1.82, 2.24) is 15.5 Å². The van der Waals surface area contributed by atoms with Gasteiger partial charge in [-0.1, -0.05) is 30.7 Å². The number of carbonyl (C=O) groups excluding carboxylic acids is 2. The van der Waals surface area contributed by atoms with Crippen LogP contribution < -0.4 is 21.9 Å².